The van der Waals surface area contributed by atoms with E-state index in [1.807, 2.05) is 0 Å². The van der Waals surface area contributed by atoms with Crippen LogP contribution >= 0.6 is 11.6 Å². The van der Waals surface area contributed by atoms with E-state index >= 15 is 0 Å². The van der Waals surface area contributed by atoms with E-state index in [1.54, 1.807) is 30.3 Å². The lowest BCUT2D eigenvalue weighted by Gasteiger charge is -2.15. The highest BCUT2D eigenvalue weighted by atomic mass is 35.5. The molecule has 4 aromatic carbocycles. The second-order valence-corrected chi connectivity index (χ2v) is 9.82. The summed E-state index contributed by atoms with van der Waals surface area (Å²) in [6.45, 7) is 0. The number of aromatic nitrogens is 1. The average molecular weight is 594 g/mol. The van der Waals surface area contributed by atoms with Crippen LogP contribution in [0.5, 0.6) is 11.5 Å². The van der Waals surface area contributed by atoms with Gasteiger partial charge in [-0.25, -0.2) is 21.8 Å². The molecule has 0 aliphatic rings. The summed E-state index contributed by atoms with van der Waals surface area (Å²) in [5.41, 5.74) is 1.93. The molecule has 12 heteroatoms. The second-order valence-electron chi connectivity index (χ2n) is 8.30. The maximum atomic E-state index is 14.0. The number of nitrogens with zero attached hydrogens (tertiary/aromatic N) is 1. The van der Waals surface area contributed by atoms with Crippen LogP contribution in [0.2, 0.25) is 5.02 Å². The van der Waals surface area contributed by atoms with E-state index in [2.05, 4.69) is 9.17 Å². The maximum Gasteiger partial charge on any atom is 0.240 e. The van der Waals surface area contributed by atoms with Gasteiger partial charge in [0.25, 0.3) is 0 Å². The van der Waals surface area contributed by atoms with Crippen LogP contribution in [0.1, 0.15) is 0 Å². The SMILES string of the molecule is COc1cc(-c2cccc(F)c2)c(Cl)cc1-c1nccc2cc(S(=O)Oc3c(F)c(F)c(F)c(F)c3F)ccc12. The first-order valence-corrected chi connectivity index (χ1v) is 12.7. The summed E-state index contributed by atoms with van der Waals surface area (Å²) >= 11 is 3.89. The van der Waals surface area contributed by atoms with Crippen molar-refractivity contribution in [1.82, 2.24) is 4.98 Å². The molecule has 0 aliphatic heterocycles. The van der Waals surface area contributed by atoms with Crippen molar-refractivity contribution in [3.8, 4) is 33.9 Å². The first-order valence-electron chi connectivity index (χ1n) is 11.2. The van der Waals surface area contributed by atoms with Gasteiger partial charge in [-0.1, -0.05) is 29.8 Å². The fourth-order valence-corrected chi connectivity index (χ4v) is 5.11. The lowest BCUT2D eigenvalue weighted by atomic mass is 9.98. The summed E-state index contributed by atoms with van der Waals surface area (Å²) in [5, 5.41) is 1.26. The summed E-state index contributed by atoms with van der Waals surface area (Å²) < 4.78 is 105. The van der Waals surface area contributed by atoms with Gasteiger partial charge in [-0.2, -0.15) is 8.78 Å². The van der Waals surface area contributed by atoms with Crippen molar-refractivity contribution in [1.29, 1.82) is 0 Å². The molecular weight excluding hydrogens is 580 g/mol. The van der Waals surface area contributed by atoms with Crippen molar-refractivity contribution in [2.75, 3.05) is 7.11 Å². The monoisotopic (exact) mass is 593 g/mol. The number of hydrogen-bond acceptors (Lipinski definition) is 4. The third-order valence-electron chi connectivity index (χ3n) is 5.94. The van der Waals surface area contributed by atoms with E-state index in [0.29, 0.717) is 38.9 Å². The largest absolute Gasteiger partial charge is 0.496 e. The van der Waals surface area contributed by atoms with E-state index in [1.165, 1.54) is 43.6 Å². The van der Waals surface area contributed by atoms with Crippen LogP contribution in [0.15, 0.2) is 71.8 Å². The maximum absolute atomic E-state index is 14.0. The third kappa shape index (κ3) is 4.86. The standard InChI is InChI=1S/C28H14ClF6NO3S/c1-38-21-12-18(13-3-2-4-15(30)9-13)20(29)11-19(21)27-17-6-5-16(10-14(17)7-8-36-27)40(37)39-28-25(34)23(32)22(31)24(33)26(28)35/h2-12H,1H3. The quantitative estimate of drug-likeness (QED) is 0.113. The molecule has 40 heavy (non-hydrogen) atoms. The van der Waals surface area contributed by atoms with Crippen molar-refractivity contribution >= 4 is 33.5 Å². The summed E-state index contributed by atoms with van der Waals surface area (Å²) in [6, 6.07) is 14.8. The molecule has 0 spiro atoms. The van der Waals surface area contributed by atoms with Crippen LogP contribution in [-0.2, 0) is 11.1 Å². The molecule has 0 saturated heterocycles. The number of benzene rings is 4. The van der Waals surface area contributed by atoms with Crippen molar-refractivity contribution in [2.24, 2.45) is 0 Å². The number of rotatable bonds is 6. The molecule has 0 aliphatic carbocycles. The number of methoxy groups -OCH3 is 1. The van der Waals surface area contributed by atoms with Gasteiger partial charge in [0.15, 0.2) is 0 Å². The van der Waals surface area contributed by atoms with Crippen molar-refractivity contribution in [2.45, 2.75) is 4.90 Å². The van der Waals surface area contributed by atoms with Crippen LogP contribution in [0.25, 0.3) is 33.2 Å². The van der Waals surface area contributed by atoms with E-state index in [-0.39, 0.29) is 9.92 Å². The first-order chi connectivity index (χ1) is 19.1. The zero-order valence-electron chi connectivity index (χ0n) is 20.1. The van der Waals surface area contributed by atoms with E-state index < -0.39 is 51.7 Å². The summed E-state index contributed by atoms with van der Waals surface area (Å²) in [4.78, 5) is 4.29. The lowest BCUT2D eigenvalue weighted by Crippen LogP contribution is -2.09. The Balaban J connectivity index is 1.54. The minimum Gasteiger partial charge on any atom is -0.496 e. The number of fused-ring (bicyclic) bond motifs is 1. The predicted octanol–water partition coefficient (Wildman–Crippen LogP) is 8.17. The molecule has 1 aromatic heterocycles. The summed E-state index contributed by atoms with van der Waals surface area (Å²) in [7, 11) is 1.44. The van der Waals surface area contributed by atoms with Gasteiger partial charge >= 0.3 is 0 Å². The van der Waals surface area contributed by atoms with Crippen molar-refractivity contribution in [3.63, 3.8) is 0 Å². The van der Waals surface area contributed by atoms with Crippen LogP contribution in [0.4, 0.5) is 26.3 Å². The van der Waals surface area contributed by atoms with Crippen molar-refractivity contribution < 1.29 is 39.5 Å². The smallest absolute Gasteiger partial charge is 0.240 e. The van der Waals surface area contributed by atoms with Gasteiger partial charge in [-0.3, -0.25) is 4.98 Å². The Morgan fingerprint density at radius 2 is 1.50 bits per heavy atom. The van der Waals surface area contributed by atoms with E-state index in [9.17, 15) is 30.6 Å². The highest BCUT2D eigenvalue weighted by molar-refractivity contribution is 7.80. The molecule has 1 atom stereocenters. The zero-order chi connectivity index (χ0) is 28.7. The van der Waals surface area contributed by atoms with Gasteiger partial charge in [-0.05, 0) is 53.4 Å². The Labute approximate surface area is 230 Å². The Morgan fingerprint density at radius 3 is 2.17 bits per heavy atom. The van der Waals surface area contributed by atoms with Gasteiger partial charge in [0, 0.05) is 27.7 Å². The van der Waals surface area contributed by atoms with Gasteiger partial charge in [0.1, 0.15) is 11.6 Å². The first kappa shape index (κ1) is 27.5. The molecule has 5 aromatic rings. The molecule has 1 unspecified atom stereocenters. The molecule has 204 valence electrons. The second kappa shape index (κ2) is 10.8. The molecule has 0 amide bonds. The molecule has 4 nitrogen and oxygen atoms in total. The number of pyridine rings is 1. The van der Waals surface area contributed by atoms with Crippen molar-refractivity contribution in [3.05, 3.63) is 107 Å². The Bertz CT molecular complexity index is 1810. The minimum atomic E-state index is -2.65. The predicted molar refractivity (Wildman–Crippen MR) is 137 cm³/mol. The molecule has 5 rings (SSSR count). The third-order valence-corrected chi connectivity index (χ3v) is 7.21. The zero-order valence-corrected chi connectivity index (χ0v) is 21.6. The van der Waals surface area contributed by atoms with Gasteiger partial charge < -0.3 is 8.92 Å². The normalized spacial score (nSPS) is 12.0. The molecule has 1 heterocycles. The van der Waals surface area contributed by atoms with Crippen LogP contribution in [0, 0.1) is 34.9 Å². The van der Waals surface area contributed by atoms with E-state index in [0.717, 1.165) is 0 Å². The van der Waals surface area contributed by atoms with E-state index in [4.69, 9.17) is 16.3 Å². The fourth-order valence-electron chi connectivity index (χ4n) is 4.04. The molecule has 0 fully saturated rings. The molecule has 0 bridgehead atoms. The number of hydrogen-bond donors (Lipinski definition) is 0. The Kier molecular flexibility index (Phi) is 7.43. The topological polar surface area (TPSA) is 48.4 Å². The fraction of sp³-hybridized carbons (Fsp3) is 0.0357. The van der Waals surface area contributed by atoms with Crippen LogP contribution < -0.4 is 8.92 Å². The summed E-state index contributed by atoms with van der Waals surface area (Å²) in [5.74, 6) is -13.0. The minimum absolute atomic E-state index is 0.125. The van der Waals surface area contributed by atoms with Crippen LogP contribution in [-0.4, -0.2) is 16.3 Å². The summed E-state index contributed by atoms with van der Waals surface area (Å²) in [6.07, 6.45) is 1.43. The Morgan fingerprint density at radius 1 is 0.800 bits per heavy atom. The highest BCUT2D eigenvalue weighted by Crippen LogP contribution is 2.41. The molecular formula is C28H14ClF6NO3S. The number of halogens is 7. The van der Waals surface area contributed by atoms with Gasteiger partial charge in [-0.15, -0.1) is 0 Å². The number of ether oxygens (including phenoxy) is 1. The van der Waals surface area contributed by atoms with Crippen LogP contribution in [0.3, 0.4) is 0 Å². The van der Waals surface area contributed by atoms with Gasteiger partial charge in [0.2, 0.25) is 45.9 Å². The lowest BCUT2D eigenvalue weighted by molar-refractivity contribution is 0.352. The Hall–Kier alpha value is -4.09. The highest BCUT2D eigenvalue weighted by Gasteiger charge is 2.29. The molecule has 0 radical (unpaired) electrons. The molecule has 0 saturated carbocycles. The average Bonchev–Trinajstić information content (AvgIpc) is 2.96. The molecule has 0 N–H and O–H groups in total. The van der Waals surface area contributed by atoms with Gasteiger partial charge in [0.05, 0.1) is 17.7 Å².